The number of ether oxygens (including phenoxy) is 2. The molecule has 0 bridgehead atoms. The number of benzene rings is 2. The van der Waals surface area contributed by atoms with Crippen molar-refractivity contribution in [2.45, 2.75) is 19.1 Å². The molecule has 0 radical (unpaired) electrons. The average Bonchev–Trinajstić information content (AvgIpc) is 3.17. The molecule has 0 unspecified atom stereocenters. The van der Waals surface area contributed by atoms with E-state index >= 15 is 0 Å². The molecule has 0 saturated heterocycles. The maximum absolute atomic E-state index is 14.2. The zero-order valence-electron chi connectivity index (χ0n) is 19.8. The minimum Gasteiger partial charge on any atom is -0.479 e. The van der Waals surface area contributed by atoms with E-state index in [4.69, 9.17) is 27.5 Å². The fraction of sp³-hybridized carbons (Fsp3) is 0.192. The van der Waals surface area contributed by atoms with Crippen LogP contribution >= 0.6 is 68.1 Å². The van der Waals surface area contributed by atoms with Gasteiger partial charge in [0.05, 0.1) is 26.3 Å². The molecule has 0 spiro atoms. The summed E-state index contributed by atoms with van der Waals surface area (Å²) >= 11 is 10.9. The molecule has 1 atom stereocenters. The van der Waals surface area contributed by atoms with E-state index in [2.05, 4.69) is 56.1 Å². The molecular weight excluding hydrogens is 783 g/mol. The van der Waals surface area contributed by atoms with Crippen molar-refractivity contribution < 1.29 is 27.4 Å². The molecule has 0 N–H and O–H groups in total. The van der Waals surface area contributed by atoms with Crippen LogP contribution in [0.1, 0.15) is 24.1 Å². The monoisotopic (exact) mass is 798 g/mol. The Hall–Kier alpha value is -2.35. The lowest BCUT2D eigenvalue weighted by Crippen LogP contribution is -2.41. The maximum atomic E-state index is 14.2. The maximum Gasteiger partial charge on any atom is 0.434 e. The Balaban J connectivity index is 2.05. The van der Waals surface area contributed by atoms with Gasteiger partial charge in [-0.15, -0.1) is 6.42 Å². The summed E-state index contributed by atoms with van der Waals surface area (Å²) in [5, 5.41) is 0.330. The van der Waals surface area contributed by atoms with Gasteiger partial charge in [-0.25, -0.2) is 9.79 Å². The topological polar surface area (TPSA) is 69.9 Å². The fourth-order valence-corrected chi connectivity index (χ4v) is 7.06. The lowest BCUT2D eigenvalue weighted by Gasteiger charge is -2.26. The van der Waals surface area contributed by atoms with Crippen molar-refractivity contribution in [1.82, 2.24) is 4.57 Å². The van der Waals surface area contributed by atoms with E-state index in [0.717, 1.165) is 23.0 Å². The van der Waals surface area contributed by atoms with Gasteiger partial charge in [0.2, 0.25) is 0 Å². The first-order valence-electron chi connectivity index (χ1n) is 11.1. The number of nitrogens with zero attached hydrogens (tertiary/aromatic N) is 2. The Kier molecular flexibility index (Phi) is 9.14. The highest BCUT2D eigenvalue weighted by molar-refractivity contribution is 14.1. The molecule has 2 heterocycles. The zero-order valence-corrected chi connectivity index (χ0v) is 25.7. The predicted molar refractivity (Wildman–Crippen MR) is 158 cm³/mol. The molecule has 1 aromatic heterocycles. The summed E-state index contributed by atoms with van der Waals surface area (Å²) in [5.74, 6) is 1.59. The molecule has 0 amide bonds. The van der Waals surface area contributed by atoms with E-state index in [1.165, 1.54) is 37.3 Å². The third-order valence-corrected chi connectivity index (χ3v) is 8.06. The zero-order chi connectivity index (χ0) is 28.5. The largest absolute Gasteiger partial charge is 0.479 e. The third kappa shape index (κ3) is 6.21. The van der Waals surface area contributed by atoms with Crippen LogP contribution in [0.5, 0.6) is 5.75 Å². The average molecular weight is 799 g/mol. The SMILES string of the molecule is C#CCOc1c(I)cc(I)cc1/C=c1\sc2n(c1=O)[C@@H](c1ccc(Cl)cc1)C(C(=O)OCC)=C(C(F)(F)F)N=2. The molecule has 6 nitrogen and oxygen atoms in total. The van der Waals surface area contributed by atoms with Crippen LogP contribution in [0.2, 0.25) is 5.02 Å². The summed E-state index contributed by atoms with van der Waals surface area (Å²) in [5.41, 5.74) is -2.11. The summed E-state index contributed by atoms with van der Waals surface area (Å²) in [7, 11) is 0. The summed E-state index contributed by atoms with van der Waals surface area (Å²) in [4.78, 5) is 30.2. The van der Waals surface area contributed by atoms with Crippen molar-refractivity contribution in [1.29, 1.82) is 0 Å². The molecule has 4 rings (SSSR count). The lowest BCUT2D eigenvalue weighted by molar-refractivity contribution is -0.140. The van der Waals surface area contributed by atoms with Crippen LogP contribution < -0.4 is 19.6 Å². The number of alkyl halides is 3. The molecular formula is C26H16ClF3I2N2O4S. The predicted octanol–water partition coefficient (Wildman–Crippen LogP) is 5.22. The van der Waals surface area contributed by atoms with Crippen LogP contribution in [0, 0.1) is 19.5 Å². The van der Waals surface area contributed by atoms with Gasteiger partial charge in [-0.1, -0.05) is 41.0 Å². The fourth-order valence-electron chi connectivity index (χ4n) is 3.90. The van der Waals surface area contributed by atoms with Gasteiger partial charge >= 0.3 is 12.1 Å². The van der Waals surface area contributed by atoms with E-state index in [0.29, 0.717) is 16.3 Å². The summed E-state index contributed by atoms with van der Waals surface area (Å²) in [6.45, 7) is 1.28. The van der Waals surface area contributed by atoms with Gasteiger partial charge < -0.3 is 9.47 Å². The van der Waals surface area contributed by atoms with Crippen LogP contribution in [0.3, 0.4) is 0 Å². The molecule has 2 aromatic carbocycles. The lowest BCUT2D eigenvalue weighted by atomic mass is 9.95. The Labute approximate surface area is 256 Å². The van der Waals surface area contributed by atoms with Crippen LogP contribution in [-0.2, 0) is 9.53 Å². The number of terminal acetylenes is 1. The van der Waals surface area contributed by atoms with Crippen LogP contribution in [0.15, 0.2) is 57.5 Å². The van der Waals surface area contributed by atoms with Crippen molar-refractivity contribution >= 4 is 80.2 Å². The number of rotatable bonds is 6. The van der Waals surface area contributed by atoms with Crippen molar-refractivity contribution in [2.75, 3.05) is 13.2 Å². The summed E-state index contributed by atoms with van der Waals surface area (Å²) in [6.07, 6.45) is 1.86. The minimum absolute atomic E-state index is 0.0207. The summed E-state index contributed by atoms with van der Waals surface area (Å²) in [6, 6.07) is 8.00. The molecule has 13 heteroatoms. The van der Waals surface area contributed by atoms with Gasteiger partial charge in [0.15, 0.2) is 10.5 Å². The Morgan fingerprint density at radius 1 is 1.28 bits per heavy atom. The van der Waals surface area contributed by atoms with Crippen molar-refractivity contribution in [3.63, 3.8) is 0 Å². The molecule has 1 aliphatic rings. The number of hydrogen-bond acceptors (Lipinski definition) is 6. The summed E-state index contributed by atoms with van der Waals surface area (Å²) < 4.78 is 56.1. The molecule has 39 heavy (non-hydrogen) atoms. The standard InChI is InChI=1S/C26H16ClF3I2N2O4S/c1-3-9-38-21-14(10-16(31)12-17(21)32)11-18-23(35)34-20(13-5-7-15(27)8-6-13)19(24(36)37-4-2)22(26(28,29)30)33-25(34)39-18/h1,5-8,10-12,20H,4,9H2,2H3/b18-11-/t20-/m0/s1. The number of halogens is 6. The van der Waals surface area contributed by atoms with Gasteiger partial charge in [0.25, 0.3) is 5.56 Å². The number of fused-ring (bicyclic) bond motifs is 1. The second kappa shape index (κ2) is 12.0. The van der Waals surface area contributed by atoms with Crippen LogP contribution in [-0.4, -0.2) is 29.9 Å². The number of hydrogen-bond donors (Lipinski definition) is 0. The van der Waals surface area contributed by atoms with E-state index in [9.17, 15) is 22.8 Å². The molecule has 3 aromatic rings. The quantitative estimate of drug-likeness (QED) is 0.195. The van der Waals surface area contributed by atoms with E-state index in [1.807, 2.05) is 6.07 Å². The Morgan fingerprint density at radius 2 is 1.97 bits per heavy atom. The minimum atomic E-state index is -5.00. The molecule has 202 valence electrons. The van der Waals surface area contributed by atoms with E-state index < -0.39 is 35.0 Å². The normalized spacial score (nSPS) is 15.4. The van der Waals surface area contributed by atoms with Gasteiger partial charge in [0, 0.05) is 14.2 Å². The molecule has 0 fully saturated rings. The highest BCUT2D eigenvalue weighted by Gasteiger charge is 2.45. The first-order chi connectivity index (χ1) is 18.5. The number of carbonyl (C=O) groups excluding carboxylic acids is 1. The molecule has 1 aliphatic heterocycles. The first-order valence-corrected chi connectivity index (χ1v) is 14.4. The van der Waals surface area contributed by atoms with Gasteiger partial charge in [-0.2, -0.15) is 13.2 Å². The van der Waals surface area contributed by atoms with E-state index in [1.54, 1.807) is 6.07 Å². The van der Waals surface area contributed by atoms with Crippen molar-refractivity contribution in [3.05, 3.63) is 90.6 Å². The number of allylic oxidation sites excluding steroid dienone is 1. The highest BCUT2D eigenvalue weighted by Crippen LogP contribution is 2.38. The highest BCUT2D eigenvalue weighted by atomic mass is 127. The second-order valence-corrected chi connectivity index (χ2v) is 11.8. The number of thiazole rings is 1. The van der Waals surface area contributed by atoms with Gasteiger partial charge in [0.1, 0.15) is 12.4 Å². The third-order valence-electron chi connectivity index (χ3n) is 5.40. The van der Waals surface area contributed by atoms with Crippen molar-refractivity contribution in [3.8, 4) is 18.1 Å². The number of aromatic nitrogens is 1. The van der Waals surface area contributed by atoms with E-state index in [-0.39, 0.29) is 28.1 Å². The molecule has 0 aliphatic carbocycles. The number of esters is 1. The number of carbonyl (C=O) groups is 1. The van der Waals surface area contributed by atoms with Crippen molar-refractivity contribution in [2.24, 2.45) is 4.99 Å². The first kappa shape index (κ1) is 29.6. The second-order valence-electron chi connectivity index (χ2n) is 7.91. The smallest absolute Gasteiger partial charge is 0.434 e. The molecule has 0 saturated carbocycles. The van der Waals surface area contributed by atoms with Crippen LogP contribution in [0.25, 0.3) is 6.08 Å². The Bertz CT molecular complexity index is 1710. The van der Waals surface area contributed by atoms with Crippen LogP contribution in [0.4, 0.5) is 13.2 Å². The Morgan fingerprint density at radius 3 is 2.59 bits per heavy atom. The van der Waals surface area contributed by atoms with Gasteiger partial charge in [-0.05, 0) is 88.0 Å². The van der Waals surface area contributed by atoms with Gasteiger partial charge in [-0.3, -0.25) is 9.36 Å².